The summed E-state index contributed by atoms with van der Waals surface area (Å²) < 4.78 is 5.72. The Morgan fingerprint density at radius 3 is 2.63 bits per heavy atom. The van der Waals surface area contributed by atoms with Crippen LogP contribution in [0.2, 0.25) is 0 Å². The molecule has 2 rings (SSSR count). The summed E-state index contributed by atoms with van der Waals surface area (Å²) in [6.07, 6.45) is 8.34. The summed E-state index contributed by atoms with van der Waals surface area (Å²) in [5, 5.41) is 2.63. The second-order valence-electron chi connectivity index (χ2n) is 7.39. The van der Waals surface area contributed by atoms with Crippen molar-refractivity contribution in [3.05, 3.63) is 0 Å². The fourth-order valence-corrected chi connectivity index (χ4v) is 3.60. The lowest BCUT2D eigenvalue weighted by molar-refractivity contribution is -0.700. The summed E-state index contributed by atoms with van der Waals surface area (Å²) >= 11 is 0. The van der Waals surface area contributed by atoms with E-state index in [4.69, 9.17) is 4.74 Å². The van der Waals surface area contributed by atoms with Crippen molar-refractivity contribution in [2.24, 2.45) is 23.7 Å². The van der Waals surface area contributed by atoms with E-state index in [2.05, 4.69) is 26.1 Å². The van der Waals surface area contributed by atoms with E-state index in [9.17, 15) is 0 Å². The topological polar surface area (TPSA) is 25.8 Å². The van der Waals surface area contributed by atoms with E-state index in [1.807, 2.05) is 0 Å². The summed E-state index contributed by atoms with van der Waals surface area (Å²) in [6.45, 7) is 10.5. The summed E-state index contributed by atoms with van der Waals surface area (Å²) in [5.74, 6) is 3.62. The molecule has 3 atom stereocenters. The zero-order valence-electron chi connectivity index (χ0n) is 13.2. The van der Waals surface area contributed by atoms with Crippen LogP contribution >= 0.6 is 0 Å². The molecule has 2 aliphatic carbocycles. The Bertz CT molecular complexity index is 250. The van der Waals surface area contributed by atoms with Crippen molar-refractivity contribution in [1.29, 1.82) is 0 Å². The standard InChI is InChI=1S/C17H33NO/c1-13(2)16-8-5-14(3)11-17(16)18-9-4-10-19-12-15-6-7-15/h13-18H,4-12H2,1-3H3/p+1/t14-,16-,17-/m1/s1. The van der Waals surface area contributed by atoms with E-state index in [0.717, 1.165) is 42.9 Å². The van der Waals surface area contributed by atoms with Gasteiger partial charge in [-0.1, -0.05) is 20.8 Å². The summed E-state index contributed by atoms with van der Waals surface area (Å²) in [7, 11) is 0. The molecule has 2 aliphatic rings. The lowest BCUT2D eigenvalue weighted by Crippen LogP contribution is -2.92. The Morgan fingerprint density at radius 2 is 1.95 bits per heavy atom. The third-order valence-electron chi connectivity index (χ3n) is 5.09. The first-order valence-corrected chi connectivity index (χ1v) is 8.58. The monoisotopic (exact) mass is 268 g/mol. The molecule has 0 radical (unpaired) electrons. The molecule has 0 aromatic rings. The average molecular weight is 268 g/mol. The highest BCUT2D eigenvalue weighted by Crippen LogP contribution is 2.31. The first-order chi connectivity index (χ1) is 9.16. The largest absolute Gasteiger partial charge is 0.381 e. The van der Waals surface area contributed by atoms with Crippen LogP contribution in [0.1, 0.15) is 59.3 Å². The van der Waals surface area contributed by atoms with Gasteiger partial charge in [0.25, 0.3) is 0 Å². The Kier molecular flexibility index (Phi) is 6.15. The molecule has 0 aromatic carbocycles. The molecule has 2 fully saturated rings. The zero-order chi connectivity index (χ0) is 13.7. The van der Waals surface area contributed by atoms with Gasteiger partial charge in [-0.2, -0.15) is 0 Å². The van der Waals surface area contributed by atoms with Crippen LogP contribution in [0.5, 0.6) is 0 Å². The van der Waals surface area contributed by atoms with Gasteiger partial charge in [-0.05, 0) is 43.4 Å². The molecule has 2 saturated carbocycles. The van der Waals surface area contributed by atoms with Gasteiger partial charge in [0.1, 0.15) is 0 Å². The SMILES string of the molecule is CC(C)[C@H]1CC[C@@H](C)C[C@H]1[NH2+]CCCOCC1CC1. The van der Waals surface area contributed by atoms with Gasteiger partial charge >= 0.3 is 0 Å². The molecular formula is C17H34NO+. The number of hydrogen-bond acceptors (Lipinski definition) is 1. The highest BCUT2D eigenvalue weighted by molar-refractivity contribution is 4.79. The zero-order valence-corrected chi connectivity index (χ0v) is 13.2. The molecule has 19 heavy (non-hydrogen) atoms. The molecule has 0 saturated heterocycles. The molecular weight excluding hydrogens is 234 g/mol. The number of rotatable bonds is 8. The Morgan fingerprint density at radius 1 is 1.16 bits per heavy atom. The molecule has 0 bridgehead atoms. The molecule has 2 heteroatoms. The lowest BCUT2D eigenvalue weighted by atomic mass is 9.74. The van der Waals surface area contributed by atoms with Crippen LogP contribution in [0, 0.1) is 23.7 Å². The van der Waals surface area contributed by atoms with Crippen molar-refractivity contribution in [3.63, 3.8) is 0 Å². The van der Waals surface area contributed by atoms with Gasteiger partial charge < -0.3 is 10.1 Å². The number of hydrogen-bond donors (Lipinski definition) is 1. The minimum atomic E-state index is 0.847. The van der Waals surface area contributed by atoms with Crippen LogP contribution in [0.4, 0.5) is 0 Å². The summed E-state index contributed by atoms with van der Waals surface area (Å²) in [5.41, 5.74) is 0. The van der Waals surface area contributed by atoms with Crippen LogP contribution in [0.15, 0.2) is 0 Å². The minimum absolute atomic E-state index is 0.847. The molecule has 112 valence electrons. The molecule has 0 aliphatic heterocycles. The molecule has 2 N–H and O–H groups in total. The fraction of sp³-hybridized carbons (Fsp3) is 1.00. The maximum absolute atomic E-state index is 5.72. The van der Waals surface area contributed by atoms with Crippen LogP contribution in [0.3, 0.4) is 0 Å². The summed E-state index contributed by atoms with van der Waals surface area (Å²) in [6, 6.07) is 0.868. The van der Waals surface area contributed by atoms with E-state index in [1.165, 1.54) is 45.1 Å². The van der Waals surface area contributed by atoms with E-state index in [1.54, 1.807) is 0 Å². The Balaban J connectivity index is 1.58. The normalized spacial score (nSPS) is 31.9. The van der Waals surface area contributed by atoms with Crippen molar-refractivity contribution in [1.82, 2.24) is 0 Å². The molecule has 2 nitrogen and oxygen atoms in total. The maximum Gasteiger partial charge on any atom is 0.0892 e. The van der Waals surface area contributed by atoms with E-state index < -0.39 is 0 Å². The van der Waals surface area contributed by atoms with Gasteiger partial charge in [-0.15, -0.1) is 0 Å². The maximum atomic E-state index is 5.72. The van der Waals surface area contributed by atoms with Gasteiger partial charge in [0.05, 0.1) is 19.2 Å². The highest BCUT2D eigenvalue weighted by atomic mass is 16.5. The van der Waals surface area contributed by atoms with Crippen LogP contribution < -0.4 is 5.32 Å². The Hall–Kier alpha value is -0.0800. The van der Waals surface area contributed by atoms with Gasteiger partial charge in [-0.3, -0.25) is 0 Å². The number of ether oxygens (including phenoxy) is 1. The minimum Gasteiger partial charge on any atom is -0.381 e. The van der Waals surface area contributed by atoms with E-state index >= 15 is 0 Å². The first-order valence-electron chi connectivity index (χ1n) is 8.58. The van der Waals surface area contributed by atoms with E-state index in [0.29, 0.717) is 0 Å². The highest BCUT2D eigenvalue weighted by Gasteiger charge is 2.32. The molecule has 0 amide bonds. The summed E-state index contributed by atoms with van der Waals surface area (Å²) in [4.78, 5) is 0. The van der Waals surface area contributed by atoms with Gasteiger partial charge in [0.15, 0.2) is 0 Å². The third-order valence-corrected chi connectivity index (χ3v) is 5.09. The van der Waals surface area contributed by atoms with Crippen LogP contribution in [0.25, 0.3) is 0 Å². The molecule has 0 spiro atoms. The van der Waals surface area contributed by atoms with Crippen molar-refractivity contribution in [3.8, 4) is 0 Å². The van der Waals surface area contributed by atoms with Gasteiger partial charge in [0.2, 0.25) is 0 Å². The fourth-order valence-electron chi connectivity index (χ4n) is 3.60. The number of quaternary nitrogens is 1. The quantitative estimate of drug-likeness (QED) is 0.673. The van der Waals surface area contributed by atoms with E-state index in [-0.39, 0.29) is 0 Å². The van der Waals surface area contributed by atoms with Crippen molar-refractivity contribution < 1.29 is 10.1 Å². The first kappa shape index (κ1) is 15.3. The second kappa shape index (κ2) is 7.64. The smallest absolute Gasteiger partial charge is 0.0892 e. The molecule has 0 unspecified atom stereocenters. The van der Waals surface area contributed by atoms with Crippen molar-refractivity contribution in [2.45, 2.75) is 65.3 Å². The van der Waals surface area contributed by atoms with Gasteiger partial charge in [-0.25, -0.2) is 0 Å². The Labute approximate surface area is 119 Å². The lowest BCUT2D eigenvalue weighted by Gasteiger charge is -2.35. The second-order valence-corrected chi connectivity index (χ2v) is 7.39. The average Bonchev–Trinajstić information content (AvgIpc) is 3.17. The predicted octanol–water partition coefficient (Wildman–Crippen LogP) is 2.83. The van der Waals surface area contributed by atoms with Crippen LogP contribution in [-0.2, 0) is 4.74 Å². The molecule has 0 heterocycles. The van der Waals surface area contributed by atoms with Crippen molar-refractivity contribution >= 4 is 0 Å². The van der Waals surface area contributed by atoms with Crippen LogP contribution in [-0.4, -0.2) is 25.8 Å². The van der Waals surface area contributed by atoms with Crippen molar-refractivity contribution in [2.75, 3.05) is 19.8 Å². The van der Waals surface area contributed by atoms with Gasteiger partial charge in [0, 0.05) is 25.4 Å². The third kappa shape index (κ3) is 5.43. The predicted molar refractivity (Wildman–Crippen MR) is 80.1 cm³/mol. The molecule has 0 aromatic heterocycles. The number of nitrogens with two attached hydrogens (primary N) is 1.